The highest BCUT2D eigenvalue weighted by Crippen LogP contribution is 2.25. The molecule has 0 amide bonds. The Hall–Kier alpha value is -1.85. The highest BCUT2D eigenvalue weighted by Gasteiger charge is 2.11. The minimum Gasteiger partial charge on any atom is -0.274 e. The third kappa shape index (κ3) is 3.31. The maximum absolute atomic E-state index is 13.1. The predicted molar refractivity (Wildman–Crippen MR) is 87.1 cm³/mol. The van der Waals surface area contributed by atoms with Crippen LogP contribution in [0, 0.1) is 12.7 Å². The van der Waals surface area contributed by atoms with Crippen LogP contribution in [0.15, 0.2) is 53.7 Å². The second-order valence-corrected chi connectivity index (χ2v) is 6.14. The Bertz CT molecular complexity index is 769. The maximum Gasteiger partial charge on any atom is 0.196 e. The van der Waals surface area contributed by atoms with E-state index in [0.29, 0.717) is 0 Å². The zero-order valence-corrected chi connectivity index (χ0v) is 13.4. The summed E-state index contributed by atoms with van der Waals surface area (Å²) < 4.78 is 15.0. The molecule has 0 N–H and O–H groups in total. The molecule has 0 unspecified atom stereocenters. The molecular weight excluding hydrogens is 321 g/mol. The molecule has 0 spiro atoms. The SMILES string of the molecule is Cc1nnc(SCc2ccc(Cl)cc2)n1-c1ccc(F)cc1. The normalized spacial score (nSPS) is 10.9. The first kappa shape index (κ1) is 15.1. The molecular formula is C16H13ClFN3S. The van der Waals surface area contributed by atoms with E-state index >= 15 is 0 Å². The second kappa shape index (κ2) is 6.50. The number of aryl methyl sites for hydroxylation is 1. The Morgan fingerprint density at radius 2 is 1.73 bits per heavy atom. The van der Waals surface area contributed by atoms with E-state index in [1.807, 2.05) is 35.8 Å². The summed E-state index contributed by atoms with van der Waals surface area (Å²) in [6.45, 7) is 1.88. The second-order valence-electron chi connectivity index (χ2n) is 4.76. The molecule has 3 nitrogen and oxygen atoms in total. The molecule has 0 saturated heterocycles. The van der Waals surface area contributed by atoms with Gasteiger partial charge in [0.2, 0.25) is 0 Å². The largest absolute Gasteiger partial charge is 0.274 e. The first-order valence-corrected chi connectivity index (χ1v) is 8.05. The van der Waals surface area contributed by atoms with Crippen molar-refractivity contribution in [3.8, 4) is 5.69 Å². The average molecular weight is 334 g/mol. The molecule has 0 radical (unpaired) electrons. The molecule has 0 bridgehead atoms. The summed E-state index contributed by atoms with van der Waals surface area (Å²) in [6.07, 6.45) is 0. The van der Waals surface area contributed by atoms with Crippen molar-refractivity contribution in [1.29, 1.82) is 0 Å². The Kier molecular flexibility index (Phi) is 4.45. The van der Waals surface area contributed by atoms with Crippen molar-refractivity contribution in [3.63, 3.8) is 0 Å². The smallest absolute Gasteiger partial charge is 0.196 e. The highest BCUT2D eigenvalue weighted by molar-refractivity contribution is 7.98. The van der Waals surface area contributed by atoms with Crippen molar-refractivity contribution in [2.24, 2.45) is 0 Å². The lowest BCUT2D eigenvalue weighted by Crippen LogP contribution is -1.99. The number of rotatable bonds is 4. The van der Waals surface area contributed by atoms with Crippen molar-refractivity contribution < 1.29 is 4.39 Å². The maximum atomic E-state index is 13.1. The van der Waals surface area contributed by atoms with Gasteiger partial charge in [-0.05, 0) is 48.9 Å². The molecule has 2 aromatic carbocycles. The van der Waals surface area contributed by atoms with Gasteiger partial charge in [-0.2, -0.15) is 0 Å². The number of hydrogen-bond donors (Lipinski definition) is 0. The molecule has 3 aromatic rings. The number of benzene rings is 2. The zero-order valence-electron chi connectivity index (χ0n) is 11.8. The molecule has 1 heterocycles. The van der Waals surface area contributed by atoms with E-state index in [1.54, 1.807) is 23.9 Å². The summed E-state index contributed by atoms with van der Waals surface area (Å²) in [5.41, 5.74) is 2.00. The number of halogens is 2. The fourth-order valence-electron chi connectivity index (χ4n) is 2.05. The van der Waals surface area contributed by atoms with Gasteiger partial charge in [-0.1, -0.05) is 35.5 Å². The highest BCUT2D eigenvalue weighted by atomic mass is 35.5. The molecule has 0 saturated carbocycles. The van der Waals surface area contributed by atoms with Gasteiger partial charge >= 0.3 is 0 Å². The van der Waals surface area contributed by atoms with Gasteiger partial charge in [0.15, 0.2) is 5.16 Å². The van der Waals surface area contributed by atoms with Crippen molar-refractivity contribution in [2.45, 2.75) is 17.8 Å². The van der Waals surface area contributed by atoms with Gasteiger partial charge in [-0.25, -0.2) is 4.39 Å². The first-order valence-electron chi connectivity index (χ1n) is 6.69. The van der Waals surface area contributed by atoms with Crippen molar-refractivity contribution in [3.05, 3.63) is 70.8 Å². The van der Waals surface area contributed by atoms with Gasteiger partial charge in [0.1, 0.15) is 11.6 Å². The summed E-state index contributed by atoms with van der Waals surface area (Å²) in [6, 6.07) is 14.0. The van der Waals surface area contributed by atoms with E-state index in [0.717, 1.165) is 33.0 Å². The lowest BCUT2D eigenvalue weighted by molar-refractivity contribution is 0.627. The molecule has 0 aliphatic rings. The molecule has 6 heteroatoms. The quantitative estimate of drug-likeness (QED) is 0.650. The third-order valence-electron chi connectivity index (χ3n) is 3.16. The van der Waals surface area contributed by atoms with Crippen LogP contribution in [0.1, 0.15) is 11.4 Å². The Balaban J connectivity index is 1.83. The molecule has 0 atom stereocenters. The van der Waals surface area contributed by atoms with Crippen LogP contribution < -0.4 is 0 Å². The van der Waals surface area contributed by atoms with Gasteiger partial charge < -0.3 is 0 Å². The van der Waals surface area contributed by atoms with E-state index in [-0.39, 0.29) is 5.82 Å². The van der Waals surface area contributed by atoms with Crippen molar-refractivity contribution in [2.75, 3.05) is 0 Å². The molecule has 1 aromatic heterocycles. The lowest BCUT2D eigenvalue weighted by atomic mass is 10.2. The van der Waals surface area contributed by atoms with Crippen molar-refractivity contribution >= 4 is 23.4 Å². The first-order chi connectivity index (χ1) is 10.6. The molecule has 0 aliphatic heterocycles. The van der Waals surface area contributed by atoms with Crippen molar-refractivity contribution in [1.82, 2.24) is 14.8 Å². The molecule has 22 heavy (non-hydrogen) atoms. The van der Waals surface area contributed by atoms with E-state index in [4.69, 9.17) is 11.6 Å². The minimum absolute atomic E-state index is 0.259. The summed E-state index contributed by atoms with van der Waals surface area (Å²) in [4.78, 5) is 0. The topological polar surface area (TPSA) is 30.7 Å². The van der Waals surface area contributed by atoms with E-state index < -0.39 is 0 Å². The van der Waals surface area contributed by atoms with E-state index in [1.165, 1.54) is 12.1 Å². The number of aromatic nitrogens is 3. The Morgan fingerprint density at radius 1 is 1.05 bits per heavy atom. The van der Waals surface area contributed by atoms with Crippen LogP contribution in [0.2, 0.25) is 5.02 Å². The predicted octanol–water partition coefficient (Wildman–Crippen LogP) is 4.66. The van der Waals surface area contributed by atoms with Gasteiger partial charge in [0.05, 0.1) is 0 Å². The van der Waals surface area contributed by atoms with Crippen LogP contribution in [0.25, 0.3) is 5.69 Å². The standard InChI is InChI=1S/C16H13ClFN3S/c1-11-19-20-16(21(11)15-8-6-14(18)7-9-15)22-10-12-2-4-13(17)5-3-12/h2-9H,10H2,1H3. The van der Waals surface area contributed by atoms with Gasteiger partial charge in [0.25, 0.3) is 0 Å². The van der Waals surface area contributed by atoms with Gasteiger partial charge in [-0.3, -0.25) is 4.57 Å². The van der Waals surface area contributed by atoms with Crippen LogP contribution in [-0.2, 0) is 5.75 Å². The molecule has 0 aliphatic carbocycles. The molecule has 0 fully saturated rings. The van der Waals surface area contributed by atoms with E-state index in [9.17, 15) is 4.39 Å². The number of hydrogen-bond acceptors (Lipinski definition) is 3. The lowest BCUT2D eigenvalue weighted by Gasteiger charge is -2.08. The fourth-order valence-corrected chi connectivity index (χ4v) is 3.13. The minimum atomic E-state index is -0.259. The summed E-state index contributed by atoms with van der Waals surface area (Å²) >= 11 is 7.46. The third-order valence-corrected chi connectivity index (χ3v) is 4.41. The van der Waals surface area contributed by atoms with Crippen LogP contribution in [-0.4, -0.2) is 14.8 Å². The van der Waals surface area contributed by atoms with Crippen LogP contribution in [0.4, 0.5) is 4.39 Å². The number of thioether (sulfide) groups is 1. The Labute approximate surface area is 137 Å². The zero-order chi connectivity index (χ0) is 15.5. The summed E-state index contributed by atoms with van der Waals surface area (Å²) in [5, 5.41) is 9.82. The van der Waals surface area contributed by atoms with Gasteiger partial charge in [-0.15, -0.1) is 10.2 Å². The summed E-state index contributed by atoms with van der Waals surface area (Å²) in [7, 11) is 0. The van der Waals surface area contributed by atoms with Crippen LogP contribution in [0.3, 0.4) is 0 Å². The number of nitrogens with zero attached hydrogens (tertiary/aromatic N) is 3. The molecule has 112 valence electrons. The van der Waals surface area contributed by atoms with Crippen LogP contribution in [0.5, 0.6) is 0 Å². The molecule has 3 rings (SSSR count). The summed E-state index contributed by atoms with van der Waals surface area (Å²) in [5.74, 6) is 1.27. The fraction of sp³-hybridized carbons (Fsp3) is 0.125. The van der Waals surface area contributed by atoms with Gasteiger partial charge in [0, 0.05) is 16.5 Å². The monoisotopic (exact) mass is 333 g/mol. The average Bonchev–Trinajstić information content (AvgIpc) is 2.89. The van der Waals surface area contributed by atoms with E-state index in [2.05, 4.69) is 10.2 Å². The van der Waals surface area contributed by atoms with Crippen LogP contribution >= 0.6 is 23.4 Å². The Morgan fingerprint density at radius 3 is 2.41 bits per heavy atom.